The highest BCUT2D eigenvalue weighted by Crippen LogP contribution is 2.28. The average Bonchev–Trinajstić information content (AvgIpc) is 2.56. The van der Waals surface area contributed by atoms with Gasteiger partial charge in [-0.25, -0.2) is 4.79 Å². The van der Waals surface area contributed by atoms with E-state index in [9.17, 15) is 4.79 Å². The number of benzene rings is 1. The minimum absolute atomic E-state index is 0.0379. The van der Waals surface area contributed by atoms with Crippen molar-refractivity contribution in [3.63, 3.8) is 0 Å². The van der Waals surface area contributed by atoms with Crippen LogP contribution in [-0.2, 0) is 0 Å². The van der Waals surface area contributed by atoms with Crippen molar-refractivity contribution in [3.05, 3.63) is 35.1 Å². The molecule has 0 fully saturated rings. The molecule has 0 amide bonds. The van der Waals surface area contributed by atoms with Gasteiger partial charge in [-0.1, -0.05) is 19.9 Å². The Morgan fingerprint density at radius 1 is 1.38 bits per heavy atom. The highest BCUT2D eigenvalue weighted by molar-refractivity contribution is 5.95. The number of carboxylic acids is 1. The van der Waals surface area contributed by atoms with E-state index in [-0.39, 0.29) is 5.76 Å². The second-order valence-electron chi connectivity index (χ2n) is 4.27. The van der Waals surface area contributed by atoms with Gasteiger partial charge in [0.15, 0.2) is 0 Å². The first-order valence-electron chi connectivity index (χ1n) is 5.27. The van der Waals surface area contributed by atoms with Gasteiger partial charge in [-0.15, -0.1) is 0 Å². The molecule has 0 bridgehead atoms. The molecular formula is C13H14O3. The number of rotatable bonds is 2. The Balaban J connectivity index is 2.69. The number of hydrogen-bond acceptors (Lipinski definition) is 2. The highest BCUT2D eigenvalue weighted by Gasteiger charge is 2.16. The lowest BCUT2D eigenvalue weighted by atomic mass is 10.0. The van der Waals surface area contributed by atoms with Crippen molar-refractivity contribution in [2.45, 2.75) is 26.7 Å². The fourth-order valence-electron chi connectivity index (χ4n) is 1.80. The van der Waals surface area contributed by atoms with E-state index < -0.39 is 5.97 Å². The Hall–Kier alpha value is -1.77. The van der Waals surface area contributed by atoms with Crippen molar-refractivity contribution >= 4 is 16.9 Å². The molecule has 1 aromatic carbocycles. The monoisotopic (exact) mass is 218 g/mol. The van der Waals surface area contributed by atoms with Gasteiger partial charge in [-0.2, -0.15) is 0 Å². The van der Waals surface area contributed by atoms with Gasteiger partial charge in [0.1, 0.15) is 5.58 Å². The minimum atomic E-state index is -1.01. The molecule has 0 aliphatic rings. The minimum Gasteiger partial charge on any atom is -0.475 e. The van der Waals surface area contributed by atoms with Gasteiger partial charge in [0.25, 0.3) is 0 Å². The first-order chi connectivity index (χ1) is 7.50. The fraction of sp³-hybridized carbons (Fsp3) is 0.308. The zero-order valence-electron chi connectivity index (χ0n) is 9.57. The molecule has 3 nitrogen and oxygen atoms in total. The maximum atomic E-state index is 10.9. The Morgan fingerprint density at radius 2 is 2.06 bits per heavy atom. The zero-order chi connectivity index (χ0) is 11.9. The lowest BCUT2D eigenvalue weighted by molar-refractivity contribution is 0.0664. The van der Waals surface area contributed by atoms with Crippen LogP contribution >= 0.6 is 0 Å². The van der Waals surface area contributed by atoms with Gasteiger partial charge in [0, 0.05) is 10.9 Å². The SMILES string of the molecule is Cc1c(C(=O)O)oc2ccc(C(C)C)cc12. The lowest BCUT2D eigenvalue weighted by Gasteiger charge is -2.04. The molecule has 0 radical (unpaired) electrons. The molecule has 0 spiro atoms. The first-order valence-corrected chi connectivity index (χ1v) is 5.27. The summed E-state index contributed by atoms with van der Waals surface area (Å²) in [5.74, 6) is -0.553. The molecule has 1 heterocycles. The third-order valence-corrected chi connectivity index (χ3v) is 2.82. The second kappa shape index (κ2) is 3.67. The summed E-state index contributed by atoms with van der Waals surface area (Å²) < 4.78 is 5.30. The van der Waals surface area contributed by atoms with E-state index in [2.05, 4.69) is 13.8 Å². The average molecular weight is 218 g/mol. The number of carboxylic acid groups (broad SMARTS) is 1. The molecule has 2 aromatic rings. The quantitative estimate of drug-likeness (QED) is 0.838. The van der Waals surface area contributed by atoms with Crippen LogP contribution in [0.3, 0.4) is 0 Å². The lowest BCUT2D eigenvalue weighted by Crippen LogP contribution is -1.95. The summed E-state index contributed by atoms with van der Waals surface area (Å²) in [6.45, 7) is 5.99. The van der Waals surface area contributed by atoms with Crippen LogP contribution in [0.25, 0.3) is 11.0 Å². The Bertz CT molecular complexity index is 550. The molecule has 0 atom stereocenters. The molecule has 2 rings (SSSR count). The van der Waals surface area contributed by atoms with Crippen LogP contribution in [0, 0.1) is 6.92 Å². The number of fused-ring (bicyclic) bond motifs is 1. The van der Waals surface area contributed by atoms with Crippen molar-refractivity contribution in [2.75, 3.05) is 0 Å². The van der Waals surface area contributed by atoms with E-state index in [1.54, 1.807) is 6.92 Å². The van der Waals surface area contributed by atoms with Gasteiger partial charge < -0.3 is 9.52 Å². The summed E-state index contributed by atoms with van der Waals surface area (Å²) in [4.78, 5) is 10.9. The third kappa shape index (κ3) is 1.58. The largest absolute Gasteiger partial charge is 0.475 e. The van der Waals surface area contributed by atoms with Gasteiger partial charge in [-0.3, -0.25) is 0 Å². The van der Waals surface area contributed by atoms with Crippen LogP contribution in [-0.4, -0.2) is 11.1 Å². The van der Waals surface area contributed by atoms with Crippen LogP contribution in [0.15, 0.2) is 22.6 Å². The zero-order valence-corrected chi connectivity index (χ0v) is 9.57. The van der Waals surface area contributed by atoms with Crippen LogP contribution in [0.4, 0.5) is 0 Å². The molecule has 1 N–H and O–H groups in total. The van der Waals surface area contributed by atoms with Crippen LogP contribution < -0.4 is 0 Å². The summed E-state index contributed by atoms with van der Waals surface area (Å²) in [5, 5.41) is 9.84. The molecule has 3 heteroatoms. The normalized spacial score (nSPS) is 11.2. The molecule has 0 unspecified atom stereocenters. The van der Waals surface area contributed by atoms with Crippen molar-refractivity contribution in [3.8, 4) is 0 Å². The molecule has 0 aliphatic heterocycles. The molecule has 84 valence electrons. The molecule has 0 aliphatic carbocycles. The van der Waals surface area contributed by atoms with Crippen LogP contribution in [0.2, 0.25) is 0 Å². The highest BCUT2D eigenvalue weighted by atomic mass is 16.4. The predicted octanol–water partition coefficient (Wildman–Crippen LogP) is 3.56. The maximum Gasteiger partial charge on any atom is 0.372 e. The van der Waals surface area contributed by atoms with E-state index in [1.807, 2.05) is 18.2 Å². The van der Waals surface area contributed by atoms with Crippen LogP contribution in [0.1, 0.15) is 41.4 Å². The molecule has 0 saturated carbocycles. The standard InChI is InChI=1S/C13H14O3/c1-7(2)9-4-5-11-10(6-9)8(3)12(16-11)13(14)15/h4-7H,1-3H3,(H,14,15). The van der Waals surface area contributed by atoms with Crippen molar-refractivity contribution in [2.24, 2.45) is 0 Å². The van der Waals surface area contributed by atoms with E-state index in [1.165, 1.54) is 5.56 Å². The number of aromatic carboxylic acids is 1. The van der Waals surface area contributed by atoms with Gasteiger partial charge >= 0.3 is 5.97 Å². The second-order valence-corrected chi connectivity index (χ2v) is 4.27. The number of carbonyl (C=O) groups is 1. The summed E-state index contributed by atoms with van der Waals surface area (Å²) >= 11 is 0. The number of aryl methyl sites for hydroxylation is 1. The topological polar surface area (TPSA) is 50.4 Å². The smallest absolute Gasteiger partial charge is 0.372 e. The Morgan fingerprint density at radius 3 is 2.62 bits per heavy atom. The summed E-state index contributed by atoms with van der Waals surface area (Å²) in [6, 6.07) is 5.82. The van der Waals surface area contributed by atoms with E-state index >= 15 is 0 Å². The van der Waals surface area contributed by atoms with Crippen molar-refractivity contribution < 1.29 is 14.3 Å². The first kappa shape index (κ1) is 10.7. The summed E-state index contributed by atoms with van der Waals surface area (Å²) in [6.07, 6.45) is 0. The van der Waals surface area contributed by atoms with E-state index in [4.69, 9.17) is 9.52 Å². The van der Waals surface area contributed by atoms with Gasteiger partial charge in [0.05, 0.1) is 0 Å². The van der Waals surface area contributed by atoms with E-state index in [0.717, 1.165) is 5.39 Å². The van der Waals surface area contributed by atoms with E-state index in [0.29, 0.717) is 17.1 Å². The maximum absolute atomic E-state index is 10.9. The molecular weight excluding hydrogens is 204 g/mol. The van der Waals surface area contributed by atoms with Crippen molar-refractivity contribution in [1.29, 1.82) is 0 Å². The van der Waals surface area contributed by atoms with Crippen LogP contribution in [0.5, 0.6) is 0 Å². The molecule has 16 heavy (non-hydrogen) atoms. The Labute approximate surface area is 93.7 Å². The van der Waals surface area contributed by atoms with Gasteiger partial charge in [-0.05, 0) is 30.5 Å². The third-order valence-electron chi connectivity index (χ3n) is 2.82. The van der Waals surface area contributed by atoms with Gasteiger partial charge in [0.2, 0.25) is 5.76 Å². The predicted molar refractivity (Wildman–Crippen MR) is 62.0 cm³/mol. The Kier molecular flexibility index (Phi) is 2.46. The summed E-state index contributed by atoms with van der Waals surface area (Å²) in [5.41, 5.74) is 2.53. The summed E-state index contributed by atoms with van der Waals surface area (Å²) in [7, 11) is 0. The fourth-order valence-corrected chi connectivity index (χ4v) is 1.80. The van der Waals surface area contributed by atoms with Crippen molar-refractivity contribution in [1.82, 2.24) is 0 Å². The number of hydrogen-bond donors (Lipinski definition) is 1. The molecule has 1 aromatic heterocycles. The number of furan rings is 1. The molecule has 0 saturated heterocycles.